The Hall–Kier alpha value is -2.13. The lowest BCUT2D eigenvalue weighted by molar-refractivity contribution is 0.355. The number of nitrogens with zero attached hydrogens (tertiary/aromatic N) is 1. The Bertz CT molecular complexity index is 1050. The van der Waals surface area contributed by atoms with Crippen molar-refractivity contribution < 1.29 is 17.9 Å². The number of nitrogens with one attached hydrogen (secondary N) is 1. The molecule has 0 radical (unpaired) electrons. The fraction of sp³-hybridized carbons (Fsp3) is 0.211. The standard InChI is InChI=1S/C19H19ClN2O4S2/c1-25-17-8-3-13(11-18(17)26-2)19-22-15(12-27-19)9-10-21-28(23,24)16-6-4-14(20)5-7-16/h3-8,11-12,21H,9-10H2,1-2H3. The van der Waals surface area contributed by atoms with E-state index in [1.54, 1.807) is 26.4 Å². The van der Waals surface area contributed by atoms with Crippen LogP contribution in [-0.4, -0.2) is 34.2 Å². The molecule has 0 aliphatic carbocycles. The first-order valence-electron chi connectivity index (χ1n) is 8.35. The van der Waals surface area contributed by atoms with E-state index in [1.807, 2.05) is 23.6 Å². The minimum Gasteiger partial charge on any atom is -0.493 e. The number of halogens is 1. The maximum atomic E-state index is 12.3. The Balaban J connectivity index is 1.64. The highest BCUT2D eigenvalue weighted by Gasteiger charge is 2.14. The van der Waals surface area contributed by atoms with Crippen LogP contribution in [-0.2, 0) is 16.4 Å². The average Bonchev–Trinajstić information content (AvgIpc) is 3.16. The number of hydrogen-bond acceptors (Lipinski definition) is 6. The number of hydrogen-bond donors (Lipinski definition) is 1. The zero-order chi connectivity index (χ0) is 20.1. The summed E-state index contributed by atoms with van der Waals surface area (Å²) in [6.45, 7) is 0.250. The first-order chi connectivity index (χ1) is 13.4. The SMILES string of the molecule is COc1ccc(-c2nc(CCNS(=O)(=O)c3ccc(Cl)cc3)cs2)cc1OC. The fourth-order valence-corrected chi connectivity index (χ4v) is 4.54. The molecule has 2 aromatic carbocycles. The van der Waals surface area contributed by atoms with E-state index in [1.165, 1.54) is 23.5 Å². The highest BCUT2D eigenvalue weighted by Crippen LogP contribution is 2.33. The van der Waals surface area contributed by atoms with E-state index in [2.05, 4.69) is 9.71 Å². The zero-order valence-corrected chi connectivity index (χ0v) is 17.7. The first kappa shape index (κ1) is 20.6. The minimum atomic E-state index is -3.57. The maximum Gasteiger partial charge on any atom is 0.240 e. The molecule has 9 heteroatoms. The molecule has 0 atom stereocenters. The molecule has 0 unspecified atom stereocenters. The molecular weight excluding hydrogens is 420 g/mol. The molecule has 6 nitrogen and oxygen atoms in total. The largest absolute Gasteiger partial charge is 0.493 e. The zero-order valence-electron chi connectivity index (χ0n) is 15.3. The van der Waals surface area contributed by atoms with Gasteiger partial charge in [-0.3, -0.25) is 0 Å². The molecule has 0 aliphatic rings. The van der Waals surface area contributed by atoms with E-state index in [-0.39, 0.29) is 11.4 Å². The molecule has 1 N–H and O–H groups in total. The second-order valence-electron chi connectivity index (χ2n) is 5.82. The Morgan fingerprint density at radius 3 is 2.46 bits per heavy atom. The summed E-state index contributed by atoms with van der Waals surface area (Å²) < 4.78 is 37.7. The van der Waals surface area contributed by atoms with Gasteiger partial charge in [0.25, 0.3) is 0 Å². The van der Waals surface area contributed by atoms with Crippen molar-refractivity contribution >= 4 is 33.0 Å². The monoisotopic (exact) mass is 438 g/mol. The van der Waals surface area contributed by atoms with Crippen LogP contribution in [0.2, 0.25) is 5.02 Å². The summed E-state index contributed by atoms with van der Waals surface area (Å²) in [4.78, 5) is 4.77. The van der Waals surface area contributed by atoms with Gasteiger partial charge in [-0.15, -0.1) is 11.3 Å². The van der Waals surface area contributed by atoms with Gasteiger partial charge in [-0.05, 0) is 42.5 Å². The molecule has 3 rings (SSSR count). The van der Waals surface area contributed by atoms with Crippen molar-refractivity contribution in [1.29, 1.82) is 0 Å². The lowest BCUT2D eigenvalue weighted by Gasteiger charge is -2.08. The molecule has 28 heavy (non-hydrogen) atoms. The lowest BCUT2D eigenvalue weighted by atomic mass is 10.2. The Labute approximate surface area is 173 Å². The van der Waals surface area contributed by atoms with Gasteiger partial charge in [0.2, 0.25) is 10.0 Å². The van der Waals surface area contributed by atoms with Crippen LogP contribution < -0.4 is 14.2 Å². The molecule has 0 amide bonds. The highest BCUT2D eigenvalue weighted by atomic mass is 35.5. The molecular formula is C19H19ClN2O4S2. The summed E-state index contributed by atoms with van der Waals surface area (Å²) in [5.74, 6) is 1.28. The van der Waals surface area contributed by atoms with Crippen molar-refractivity contribution in [1.82, 2.24) is 9.71 Å². The number of ether oxygens (including phenoxy) is 2. The smallest absolute Gasteiger partial charge is 0.240 e. The van der Waals surface area contributed by atoms with E-state index < -0.39 is 10.0 Å². The van der Waals surface area contributed by atoms with Gasteiger partial charge in [0, 0.05) is 28.9 Å². The first-order valence-corrected chi connectivity index (χ1v) is 11.1. The van der Waals surface area contributed by atoms with Crippen molar-refractivity contribution in [2.75, 3.05) is 20.8 Å². The number of thiazole rings is 1. The normalized spacial score (nSPS) is 11.4. The van der Waals surface area contributed by atoms with Gasteiger partial charge in [-0.1, -0.05) is 11.6 Å². The quantitative estimate of drug-likeness (QED) is 0.575. The van der Waals surface area contributed by atoms with E-state index >= 15 is 0 Å². The molecule has 0 saturated heterocycles. The van der Waals surface area contributed by atoms with Crippen molar-refractivity contribution in [3.05, 3.63) is 58.6 Å². The predicted octanol–water partition coefficient (Wildman–Crippen LogP) is 4.00. The summed E-state index contributed by atoms with van der Waals surface area (Å²) in [5.41, 5.74) is 1.73. The predicted molar refractivity (Wildman–Crippen MR) is 111 cm³/mol. The third kappa shape index (κ3) is 4.82. The molecule has 0 spiro atoms. The third-order valence-electron chi connectivity index (χ3n) is 3.98. The van der Waals surface area contributed by atoms with Crippen LogP contribution in [0.3, 0.4) is 0 Å². The van der Waals surface area contributed by atoms with Crippen LogP contribution in [0.25, 0.3) is 10.6 Å². The minimum absolute atomic E-state index is 0.182. The van der Waals surface area contributed by atoms with Gasteiger partial charge in [-0.25, -0.2) is 18.1 Å². The van der Waals surface area contributed by atoms with Gasteiger partial charge in [0.1, 0.15) is 5.01 Å². The van der Waals surface area contributed by atoms with Gasteiger partial charge in [-0.2, -0.15) is 0 Å². The van der Waals surface area contributed by atoms with Crippen molar-refractivity contribution in [2.45, 2.75) is 11.3 Å². The summed E-state index contributed by atoms with van der Waals surface area (Å²) >= 11 is 7.29. The second kappa shape index (κ2) is 8.91. The summed E-state index contributed by atoms with van der Waals surface area (Å²) in [5, 5.41) is 3.24. The Morgan fingerprint density at radius 1 is 1.07 bits per heavy atom. The molecule has 3 aromatic rings. The lowest BCUT2D eigenvalue weighted by Crippen LogP contribution is -2.26. The van der Waals surface area contributed by atoms with Gasteiger partial charge in [0.15, 0.2) is 11.5 Å². The van der Waals surface area contributed by atoms with Crippen LogP contribution in [0.15, 0.2) is 52.7 Å². The fourth-order valence-electron chi connectivity index (χ4n) is 2.53. The van der Waals surface area contributed by atoms with Crippen LogP contribution >= 0.6 is 22.9 Å². The van der Waals surface area contributed by atoms with E-state index in [4.69, 9.17) is 21.1 Å². The molecule has 0 aliphatic heterocycles. The molecule has 1 aromatic heterocycles. The molecule has 1 heterocycles. The summed E-state index contributed by atoms with van der Waals surface area (Å²) in [7, 11) is -0.400. The van der Waals surface area contributed by atoms with Gasteiger partial charge >= 0.3 is 0 Å². The van der Waals surface area contributed by atoms with Crippen LogP contribution in [0, 0.1) is 0 Å². The summed E-state index contributed by atoms with van der Waals surface area (Å²) in [6.07, 6.45) is 0.483. The number of sulfonamides is 1. The van der Waals surface area contributed by atoms with E-state index in [9.17, 15) is 8.42 Å². The highest BCUT2D eigenvalue weighted by molar-refractivity contribution is 7.89. The van der Waals surface area contributed by atoms with Crippen LogP contribution in [0.4, 0.5) is 0 Å². The summed E-state index contributed by atoms with van der Waals surface area (Å²) in [6, 6.07) is 11.6. The Morgan fingerprint density at radius 2 is 1.79 bits per heavy atom. The Kier molecular flexibility index (Phi) is 6.56. The number of benzene rings is 2. The van der Waals surface area contributed by atoms with E-state index in [0.717, 1.165) is 16.3 Å². The number of rotatable bonds is 8. The topological polar surface area (TPSA) is 77.5 Å². The number of methoxy groups -OCH3 is 2. The third-order valence-corrected chi connectivity index (χ3v) is 6.65. The van der Waals surface area contributed by atoms with Crippen molar-refractivity contribution in [2.24, 2.45) is 0 Å². The van der Waals surface area contributed by atoms with Gasteiger partial charge < -0.3 is 9.47 Å². The average molecular weight is 439 g/mol. The van der Waals surface area contributed by atoms with E-state index in [0.29, 0.717) is 22.9 Å². The van der Waals surface area contributed by atoms with Crippen molar-refractivity contribution in [3.63, 3.8) is 0 Å². The van der Waals surface area contributed by atoms with Crippen molar-refractivity contribution in [3.8, 4) is 22.1 Å². The van der Waals surface area contributed by atoms with Crippen LogP contribution in [0.1, 0.15) is 5.69 Å². The molecule has 0 saturated carbocycles. The second-order valence-corrected chi connectivity index (χ2v) is 8.88. The molecule has 0 bridgehead atoms. The number of aromatic nitrogens is 1. The molecule has 148 valence electrons. The molecule has 0 fully saturated rings. The maximum absolute atomic E-state index is 12.3. The van der Waals surface area contributed by atoms with Gasteiger partial charge in [0.05, 0.1) is 24.8 Å². The van der Waals surface area contributed by atoms with Crippen LogP contribution in [0.5, 0.6) is 11.5 Å².